The molecule has 1 unspecified atom stereocenters. The Morgan fingerprint density at radius 3 is 2.24 bits per heavy atom. The number of methoxy groups -OCH3 is 2. The summed E-state index contributed by atoms with van der Waals surface area (Å²) in [5.41, 5.74) is 1.54. The average Bonchev–Trinajstić information content (AvgIpc) is 3.05. The summed E-state index contributed by atoms with van der Waals surface area (Å²) in [5, 5.41) is 17.0. The van der Waals surface area contributed by atoms with Crippen LogP contribution >= 0.6 is 23.4 Å². The molecule has 4 aromatic carbocycles. The molecule has 0 spiro atoms. The summed E-state index contributed by atoms with van der Waals surface area (Å²) in [7, 11) is 3.01. The average molecular weight is 660 g/mol. The number of hydrogen-bond acceptors (Lipinski definition) is 7. The number of carbonyl (C=O) groups is 4. The molecule has 10 nitrogen and oxygen atoms in total. The van der Waals surface area contributed by atoms with Gasteiger partial charge in [0.25, 0.3) is 11.8 Å². The Balaban J connectivity index is 1.51. The molecule has 0 saturated carbocycles. The van der Waals surface area contributed by atoms with Crippen LogP contribution in [-0.4, -0.2) is 48.3 Å². The van der Waals surface area contributed by atoms with Gasteiger partial charge in [-0.3, -0.25) is 14.4 Å². The molecule has 12 heteroatoms. The first-order valence-electron chi connectivity index (χ1n) is 13.8. The Morgan fingerprint density at radius 1 is 0.826 bits per heavy atom. The van der Waals surface area contributed by atoms with Gasteiger partial charge in [-0.2, -0.15) is 0 Å². The van der Waals surface area contributed by atoms with Gasteiger partial charge in [0.15, 0.2) is 11.5 Å². The largest absolute Gasteiger partial charge is 0.493 e. The standard InChI is InChI=1S/C34H30ClN3O7S/c1-20(31(39)36-24-13-14-27(35)26(19-24)34(42)43)46-25-11-7-10-23(18-25)37-33(41)28(38-32(40)22-8-5-4-6-9-22)16-21-12-15-29(44-2)30(17-21)45-3/h4-20H,1-3H3,(H,36,39)(H,37,41)(H,38,40)(H,42,43)/b28-16+. The summed E-state index contributed by atoms with van der Waals surface area (Å²) in [5.74, 6) is -1.65. The zero-order valence-corrected chi connectivity index (χ0v) is 26.6. The number of thioether (sulfide) groups is 1. The van der Waals surface area contributed by atoms with Crippen LogP contribution in [-0.2, 0) is 9.59 Å². The molecule has 4 aromatic rings. The van der Waals surface area contributed by atoms with E-state index >= 15 is 0 Å². The van der Waals surface area contributed by atoms with Crippen molar-refractivity contribution < 1.29 is 33.8 Å². The maximum Gasteiger partial charge on any atom is 0.337 e. The fraction of sp³-hybridized carbons (Fsp3) is 0.118. The number of carbonyl (C=O) groups excluding carboxylic acids is 3. The topological polar surface area (TPSA) is 143 Å². The Hall–Kier alpha value is -5.26. The molecule has 0 aliphatic rings. The SMILES string of the molecule is COc1ccc(/C=C(/NC(=O)c2ccccc2)C(=O)Nc2cccc(SC(C)C(=O)Nc3ccc(Cl)c(C(=O)O)c3)c2)cc1OC. The minimum Gasteiger partial charge on any atom is -0.493 e. The fourth-order valence-corrected chi connectivity index (χ4v) is 5.29. The third-order valence-electron chi connectivity index (χ3n) is 6.49. The van der Waals surface area contributed by atoms with Gasteiger partial charge in [-0.05, 0) is 79.2 Å². The molecule has 3 amide bonds. The second kappa shape index (κ2) is 15.6. The molecule has 1 atom stereocenters. The maximum absolute atomic E-state index is 13.5. The van der Waals surface area contributed by atoms with E-state index in [1.807, 2.05) is 0 Å². The van der Waals surface area contributed by atoms with Crippen LogP contribution in [0.25, 0.3) is 6.08 Å². The Bertz CT molecular complexity index is 1800. The summed E-state index contributed by atoms with van der Waals surface area (Å²) in [6.45, 7) is 1.70. The van der Waals surface area contributed by atoms with Crippen molar-refractivity contribution in [2.75, 3.05) is 24.9 Å². The lowest BCUT2D eigenvalue weighted by molar-refractivity contribution is -0.115. The van der Waals surface area contributed by atoms with Crippen LogP contribution in [0, 0.1) is 0 Å². The van der Waals surface area contributed by atoms with E-state index in [2.05, 4.69) is 16.0 Å². The number of amides is 3. The predicted molar refractivity (Wildman–Crippen MR) is 179 cm³/mol. The summed E-state index contributed by atoms with van der Waals surface area (Å²) in [6.07, 6.45) is 1.52. The lowest BCUT2D eigenvalue weighted by Crippen LogP contribution is -2.30. The van der Waals surface area contributed by atoms with Gasteiger partial charge in [0, 0.05) is 21.8 Å². The lowest BCUT2D eigenvalue weighted by Gasteiger charge is -2.15. The Kier molecular flexibility index (Phi) is 11.4. The minimum atomic E-state index is -1.20. The molecule has 0 saturated heterocycles. The van der Waals surface area contributed by atoms with Crippen LogP contribution in [0.3, 0.4) is 0 Å². The zero-order valence-electron chi connectivity index (χ0n) is 25.0. The Labute approximate surface area is 274 Å². The number of nitrogens with one attached hydrogen (secondary N) is 3. The van der Waals surface area contributed by atoms with Crippen LogP contribution in [0.4, 0.5) is 11.4 Å². The highest BCUT2D eigenvalue weighted by Gasteiger charge is 2.19. The molecule has 0 radical (unpaired) electrons. The van der Waals surface area contributed by atoms with Crippen molar-refractivity contribution in [2.24, 2.45) is 0 Å². The highest BCUT2D eigenvalue weighted by molar-refractivity contribution is 8.00. The van der Waals surface area contributed by atoms with E-state index in [9.17, 15) is 24.3 Å². The monoisotopic (exact) mass is 659 g/mol. The van der Waals surface area contributed by atoms with Crippen LogP contribution in [0.1, 0.15) is 33.2 Å². The first-order valence-corrected chi connectivity index (χ1v) is 15.1. The number of rotatable bonds is 12. The quantitative estimate of drug-likeness (QED) is 0.0986. The van der Waals surface area contributed by atoms with E-state index in [4.69, 9.17) is 21.1 Å². The third-order valence-corrected chi connectivity index (χ3v) is 7.91. The van der Waals surface area contributed by atoms with Gasteiger partial charge in [-0.25, -0.2) is 4.79 Å². The van der Waals surface area contributed by atoms with E-state index in [0.717, 1.165) is 0 Å². The first kappa shape index (κ1) is 33.6. The molecule has 0 fully saturated rings. The molecule has 0 aromatic heterocycles. The van der Waals surface area contributed by atoms with Crippen molar-refractivity contribution in [2.45, 2.75) is 17.1 Å². The molecule has 4 N–H and O–H groups in total. The van der Waals surface area contributed by atoms with Gasteiger partial charge in [-0.15, -0.1) is 11.8 Å². The Morgan fingerprint density at radius 2 is 1.54 bits per heavy atom. The van der Waals surface area contributed by atoms with Crippen LogP contribution in [0.2, 0.25) is 5.02 Å². The molecule has 236 valence electrons. The number of carboxylic acid groups (broad SMARTS) is 1. The van der Waals surface area contributed by atoms with E-state index in [1.54, 1.807) is 79.7 Å². The normalized spacial score (nSPS) is 11.6. The number of benzene rings is 4. The number of halogens is 1. The summed E-state index contributed by atoms with van der Waals surface area (Å²) >= 11 is 7.16. The van der Waals surface area contributed by atoms with Crippen molar-refractivity contribution in [3.05, 3.63) is 118 Å². The van der Waals surface area contributed by atoms with Crippen molar-refractivity contribution in [1.82, 2.24) is 5.32 Å². The summed E-state index contributed by atoms with van der Waals surface area (Å²) in [6, 6.07) is 24.7. The zero-order chi connectivity index (χ0) is 33.2. The number of carboxylic acids is 1. The van der Waals surface area contributed by atoms with Gasteiger partial charge >= 0.3 is 5.97 Å². The highest BCUT2D eigenvalue weighted by atomic mass is 35.5. The van der Waals surface area contributed by atoms with E-state index in [1.165, 1.54) is 50.3 Å². The lowest BCUT2D eigenvalue weighted by atomic mass is 10.1. The molecule has 46 heavy (non-hydrogen) atoms. The van der Waals surface area contributed by atoms with Crippen LogP contribution in [0.15, 0.2) is 102 Å². The van der Waals surface area contributed by atoms with Crippen LogP contribution in [0.5, 0.6) is 11.5 Å². The summed E-state index contributed by atoms with van der Waals surface area (Å²) in [4.78, 5) is 51.5. The summed E-state index contributed by atoms with van der Waals surface area (Å²) < 4.78 is 10.7. The molecule has 0 heterocycles. The molecule has 0 aliphatic carbocycles. The van der Waals surface area contributed by atoms with E-state index < -0.39 is 23.0 Å². The second-order valence-electron chi connectivity index (χ2n) is 9.72. The molecular formula is C34H30ClN3O7S. The maximum atomic E-state index is 13.5. The molecule has 4 rings (SSSR count). The number of aromatic carboxylic acids is 1. The molecule has 0 bridgehead atoms. The number of ether oxygens (including phenoxy) is 2. The first-order chi connectivity index (χ1) is 22.1. The molecule has 0 aliphatic heterocycles. The van der Waals surface area contributed by atoms with E-state index in [0.29, 0.717) is 38.9 Å². The van der Waals surface area contributed by atoms with Gasteiger partial charge < -0.3 is 30.5 Å². The van der Waals surface area contributed by atoms with Gasteiger partial charge in [0.1, 0.15) is 5.70 Å². The number of anilines is 2. The fourth-order valence-electron chi connectivity index (χ4n) is 4.17. The predicted octanol–water partition coefficient (Wildman–Crippen LogP) is 6.58. The van der Waals surface area contributed by atoms with Crippen LogP contribution < -0.4 is 25.4 Å². The van der Waals surface area contributed by atoms with E-state index in [-0.39, 0.29) is 22.2 Å². The van der Waals surface area contributed by atoms with Gasteiger partial charge in [0.05, 0.1) is 30.1 Å². The third kappa shape index (κ3) is 8.90. The second-order valence-corrected chi connectivity index (χ2v) is 11.5. The smallest absolute Gasteiger partial charge is 0.337 e. The molecular weight excluding hydrogens is 630 g/mol. The van der Waals surface area contributed by atoms with Crippen molar-refractivity contribution in [1.29, 1.82) is 0 Å². The highest BCUT2D eigenvalue weighted by Crippen LogP contribution is 2.30. The number of hydrogen-bond donors (Lipinski definition) is 4. The van der Waals surface area contributed by atoms with Crippen molar-refractivity contribution >= 4 is 64.5 Å². The van der Waals surface area contributed by atoms with Crippen molar-refractivity contribution in [3.8, 4) is 11.5 Å². The van der Waals surface area contributed by atoms with Gasteiger partial charge in [0.2, 0.25) is 5.91 Å². The minimum absolute atomic E-state index is 0.0180. The van der Waals surface area contributed by atoms with Gasteiger partial charge in [-0.1, -0.05) is 41.9 Å². The van der Waals surface area contributed by atoms with Crippen molar-refractivity contribution in [3.63, 3.8) is 0 Å².